The smallest absolute Gasteiger partial charge is 0.264 e. The Morgan fingerprint density at radius 1 is 1.00 bits per heavy atom. The molecule has 0 spiro atoms. The molecule has 0 saturated heterocycles. The van der Waals surface area contributed by atoms with Gasteiger partial charge in [-0.05, 0) is 67.4 Å². The van der Waals surface area contributed by atoms with E-state index in [2.05, 4.69) is 5.32 Å². The normalized spacial score (nSPS) is 11.2. The third-order valence-electron chi connectivity index (χ3n) is 4.82. The van der Waals surface area contributed by atoms with Crippen molar-refractivity contribution in [1.82, 2.24) is 5.32 Å². The molecule has 0 heterocycles. The topological polar surface area (TPSA) is 66.5 Å². The summed E-state index contributed by atoms with van der Waals surface area (Å²) in [5.74, 6) is -0.242. The lowest BCUT2D eigenvalue weighted by atomic mass is 10.1. The van der Waals surface area contributed by atoms with E-state index in [1.807, 2.05) is 19.1 Å². The third kappa shape index (κ3) is 4.83. The maximum atomic E-state index is 12.9. The van der Waals surface area contributed by atoms with Gasteiger partial charge in [-0.25, -0.2) is 8.42 Å². The van der Waals surface area contributed by atoms with Crippen LogP contribution in [0, 0.1) is 13.8 Å². The van der Waals surface area contributed by atoms with Crippen LogP contribution in [0.4, 0.5) is 5.69 Å². The summed E-state index contributed by atoms with van der Waals surface area (Å²) in [4.78, 5) is 12.7. The van der Waals surface area contributed by atoms with Gasteiger partial charge in [-0.1, -0.05) is 41.4 Å². The summed E-state index contributed by atoms with van der Waals surface area (Å²) in [6.45, 7) is 4.03. The molecule has 0 aliphatic carbocycles. The van der Waals surface area contributed by atoms with Gasteiger partial charge in [-0.2, -0.15) is 0 Å². The van der Waals surface area contributed by atoms with E-state index in [9.17, 15) is 13.2 Å². The van der Waals surface area contributed by atoms with Crippen LogP contribution in [0.25, 0.3) is 0 Å². The van der Waals surface area contributed by atoms with Crippen LogP contribution in [0.3, 0.4) is 0 Å². The summed E-state index contributed by atoms with van der Waals surface area (Å²) in [6, 6.07) is 18.9. The first-order valence-electron chi connectivity index (χ1n) is 9.37. The Morgan fingerprint density at radius 3 is 2.33 bits per heavy atom. The molecule has 156 valence electrons. The molecule has 5 nitrogen and oxygen atoms in total. The van der Waals surface area contributed by atoms with Crippen LogP contribution in [0.15, 0.2) is 71.6 Å². The molecule has 3 aromatic rings. The molecule has 0 bridgehead atoms. The van der Waals surface area contributed by atoms with Crippen LogP contribution < -0.4 is 9.62 Å². The highest BCUT2D eigenvalue weighted by molar-refractivity contribution is 7.92. The van der Waals surface area contributed by atoms with Crippen LogP contribution >= 0.6 is 11.6 Å². The predicted octanol–water partition coefficient (Wildman–Crippen LogP) is 4.71. The van der Waals surface area contributed by atoms with Crippen LogP contribution in [0.5, 0.6) is 0 Å². The summed E-state index contributed by atoms with van der Waals surface area (Å²) < 4.78 is 27.1. The zero-order valence-electron chi connectivity index (χ0n) is 17.0. The molecule has 0 aliphatic rings. The number of carbonyl (C=O) groups excluding carboxylic acids is 1. The van der Waals surface area contributed by atoms with Crippen LogP contribution in [-0.4, -0.2) is 21.4 Å². The van der Waals surface area contributed by atoms with E-state index >= 15 is 0 Å². The molecule has 0 unspecified atom stereocenters. The van der Waals surface area contributed by atoms with Gasteiger partial charge in [0.15, 0.2) is 0 Å². The Bertz CT molecular complexity index is 1180. The molecule has 7 heteroatoms. The van der Waals surface area contributed by atoms with E-state index in [4.69, 9.17) is 11.6 Å². The largest absolute Gasteiger partial charge is 0.348 e. The quantitative estimate of drug-likeness (QED) is 0.601. The zero-order valence-corrected chi connectivity index (χ0v) is 18.6. The Labute approximate surface area is 182 Å². The molecule has 3 rings (SSSR count). The van der Waals surface area contributed by atoms with Crippen molar-refractivity contribution in [2.24, 2.45) is 0 Å². The molecule has 0 atom stereocenters. The number of sulfonamides is 1. The van der Waals surface area contributed by atoms with Crippen molar-refractivity contribution in [2.75, 3.05) is 11.4 Å². The molecule has 0 aliphatic heterocycles. The number of aryl methyl sites for hydroxylation is 2. The summed E-state index contributed by atoms with van der Waals surface area (Å²) in [6.07, 6.45) is 0. The first-order valence-corrected chi connectivity index (χ1v) is 11.2. The van der Waals surface area contributed by atoms with Gasteiger partial charge in [-0.15, -0.1) is 0 Å². The van der Waals surface area contributed by atoms with E-state index < -0.39 is 10.0 Å². The SMILES string of the molecule is Cc1ccc(S(=O)(=O)N(C)c2ccc(C(=O)NCc3cccc(Cl)c3)cc2C)cc1. The van der Waals surface area contributed by atoms with Crippen molar-refractivity contribution in [1.29, 1.82) is 0 Å². The summed E-state index contributed by atoms with van der Waals surface area (Å²) in [5.41, 5.74) is 3.54. The number of anilines is 1. The number of benzene rings is 3. The van der Waals surface area contributed by atoms with Crippen molar-refractivity contribution in [3.8, 4) is 0 Å². The Kier molecular flexibility index (Phi) is 6.48. The molecule has 0 fully saturated rings. The fourth-order valence-corrected chi connectivity index (χ4v) is 4.55. The van der Waals surface area contributed by atoms with Crippen molar-refractivity contribution in [3.63, 3.8) is 0 Å². The number of nitrogens with one attached hydrogen (secondary N) is 1. The van der Waals surface area contributed by atoms with E-state index in [0.29, 0.717) is 28.4 Å². The summed E-state index contributed by atoms with van der Waals surface area (Å²) in [5, 5.41) is 3.46. The average Bonchev–Trinajstić information content (AvgIpc) is 2.72. The van der Waals surface area contributed by atoms with Gasteiger partial charge in [0.25, 0.3) is 15.9 Å². The van der Waals surface area contributed by atoms with Gasteiger partial charge in [0, 0.05) is 24.2 Å². The maximum Gasteiger partial charge on any atom is 0.264 e. The molecule has 0 aromatic heterocycles. The lowest BCUT2D eigenvalue weighted by molar-refractivity contribution is 0.0951. The highest BCUT2D eigenvalue weighted by atomic mass is 35.5. The second-order valence-corrected chi connectivity index (χ2v) is 9.51. The average molecular weight is 443 g/mol. The zero-order chi connectivity index (χ0) is 21.9. The lowest BCUT2D eigenvalue weighted by Crippen LogP contribution is -2.27. The minimum Gasteiger partial charge on any atom is -0.348 e. The van der Waals surface area contributed by atoms with Crippen molar-refractivity contribution in [3.05, 3.63) is 94.0 Å². The molecule has 0 radical (unpaired) electrons. The number of rotatable bonds is 6. The fraction of sp³-hybridized carbons (Fsp3) is 0.174. The molecule has 1 N–H and O–H groups in total. The Balaban J connectivity index is 1.77. The standard InChI is InChI=1S/C23H23ClN2O3S/c1-16-7-10-21(11-8-16)30(28,29)26(3)22-12-9-19(13-17(22)2)23(27)25-15-18-5-4-6-20(24)14-18/h4-14H,15H2,1-3H3,(H,25,27). The minimum absolute atomic E-state index is 0.221. The molecular weight excluding hydrogens is 420 g/mol. The molecule has 3 aromatic carbocycles. The first kappa shape index (κ1) is 21.9. The lowest BCUT2D eigenvalue weighted by Gasteiger charge is -2.22. The van der Waals surface area contributed by atoms with Gasteiger partial charge in [-0.3, -0.25) is 9.10 Å². The highest BCUT2D eigenvalue weighted by Crippen LogP contribution is 2.26. The van der Waals surface area contributed by atoms with Crippen molar-refractivity contribution in [2.45, 2.75) is 25.3 Å². The maximum absolute atomic E-state index is 12.9. The number of carbonyl (C=O) groups is 1. The van der Waals surface area contributed by atoms with E-state index in [1.165, 1.54) is 11.4 Å². The Hall–Kier alpha value is -2.83. The van der Waals surface area contributed by atoms with Gasteiger partial charge in [0.05, 0.1) is 10.6 Å². The number of amides is 1. The second-order valence-electron chi connectivity index (χ2n) is 7.10. The molecule has 30 heavy (non-hydrogen) atoms. The van der Waals surface area contributed by atoms with E-state index in [1.54, 1.807) is 61.5 Å². The Morgan fingerprint density at radius 2 is 1.70 bits per heavy atom. The summed E-state index contributed by atoms with van der Waals surface area (Å²) >= 11 is 5.97. The van der Waals surface area contributed by atoms with Crippen LogP contribution in [0.1, 0.15) is 27.0 Å². The fourth-order valence-electron chi connectivity index (χ4n) is 3.08. The minimum atomic E-state index is -3.69. The predicted molar refractivity (Wildman–Crippen MR) is 121 cm³/mol. The van der Waals surface area contributed by atoms with Gasteiger partial charge < -0.3 is 5.32 Å². The van der Waals surface area contributed by atoms with E-state index in [-0.39, 0.29) is 10.8 Å². The summed E-state index contributed by atoms with van der Waals surface area (Å²) in [7, 11) is -2.18. The molecule has 0 saturated carbocycles. The second kappa shape index (κ2) is 8.90. The number of hydrogen-bond acceptors (Lipinski definition) is 3. The van der Waals surface area contributed by atoms with Gasteiger partial charge in [0.2, 0.25) is 0 Å². The van der Waals surface area contributed by atoms with Crippen LogP contribution in [-0.2, 0) is 16.6 Å². The van der Waals surface area contributed by atoms with Gasteiger partial charge in [0.1, 0.15) is 0 Å². The molecule has 1 amide bonds. The van der Waals surface area contributed by atoms with Gasteiger partial charge >= 0.3 is 0 Å². The monoisotopic (exact) mass is 442 g/mol. The van der Waals surface area contributed by atoms with Crippen LogP contribution in [0.2, 0.25) is 5.02 Å². The number of nitrogens with zero attached hydrogens (tertiary/aromatic N) is 1. The number of halogens is 1. The van der Waals surface area contributed by atoms with Crippen molar-refractivity contribution < 1.29 is 13.2 Å². The molecular formula is C23H23ClN2O3S. The number of hydrogen-bond donors (Lipinski definition) is 1. The first-order chi connectivity index (χ1) is 14.2. The third-order valence-corrected chi connectivity index (χ3v) is 6.84. The van der Waals surface area contributed by atoms with Crippen molar-refractivity contribution >= 4 is 33.2 Å². The highest BCUT2D eigenvalue weighted by Gasteiger charge is 2.23. The van der Waals surface area contributed by atoms with E-state index in [0.717, 1.165) is 11.1 Å².